The Hall–Kier alpha value is -2.53. The quantitative estimate of drug-likeness (QED) is 0.599. The number of hydrogen-bond donors (Lipinski definition) is 1. The van der Waals surface area contributed by atoms with Crippen LogP contribution in [0.25, 0.3) is 0 Å². The first-order valence-electron chi connectivity index (χ1n) is 11.3. The van der Waals surface area contributed by atoms with E-state index >= 15 is 0 Å². The molecule has 2 aromatic rings. The van der Waals surface area contributed by atoms with Gasteiger partial charge in [-0.3, -0.25) is 9.59 Å². The summed E-state index contributed by atoms with van der Waals surface area (Å²) in [5.41, 5.74) is 4.00. The number of aryl methyl sites for hydroxylation is 2. The maximum absolute atomic E-state index is 13.3. The molecule has 0 radical (unpaired) electrons. The third kappa shape index (κ3) is 6.04. The predicted octanol–water partition coefficient (Wildman–Crippen LogP) is 5.12. The number of ether oxygens (including phenoxy) is 1. The molecule has 1 aliphatic rings. The van der Waals surface area contributed by atoms with Crippen molar-refractivity contribution in [2.45, 2.75) is 72.0 Å². The number of nitrogens with one attached hydrogen (secondary N) is 1. The van der Waals surface area contributed by atoms with Crippen molar-refractivity contribution in [3.63, 3.8) is 0 Å². The van der Waals surface area contributed by atoms with Crippen LogP contribution in [-0.2, 0) is 16.1 Å². The molecule has 1 fully saturated rings. The lowest BCUT2D eigenvalue weighted by Crippen LogP contribution is -2.50. The number of hydrogen-bond acceptors (Lipinski definition) is 3. The molecule has 1 N–H and O–H groups in total. The summed E-state index contributed by atoms with van der Waals surface area (Å²) >= 11 is 6.35. The van der Waals surface area contributed by atoms with Gasteiger partial charge in [0.2, 0.25) is 5.91 Å². The monoisotopic (exact) mass is 456 g/mol. The molecule has 172 valence electrons. The van der Waals surface area contributed by atoms with Crippen LogP contribution in [-0.4, -0.2) is 35.4 Å². The second-order valence-electron chi connectivity index (χ2n) is 8.77. The van der Waals surface area contributed by atoms with E-state index < -0.39 is 6.04 Å². The van der Waals surface area contributed by atoms with E-state index in [1.807, 2.05) is 45.0 Å². The summed E-state index contributed by atoms with van der Waals surface area (Å²) in [5.74, 6) is 0.300. The lowest BCUT2D eigenvalue weighted by atomic mass is 10.1. The van der Waals surface area contributed by atoms with Gasteiger partial charge in [-0.15, -0.1) is 0 Å². The highest BCUT2D eigenvalue weighted by molar-refractivity contribution is 6.31. The van der Waals surface area contributed by atoms with Crippen LogP contribution >= 0.6 is 11.6 Å². The Morgan fingerprint density at radius 1 is 1.16 bits per heavy atom. The van der Waals surface area contributed by atoms with E-state index in [1.165, 1.54) is 0 Å². The van der Waals surface area contributed by atoms with Crippen LogP contribution in [0, 0.1) is 20.8 Å². The highest BCUT2D eigenvalue weighted by atomic mass is 35.5. The number of amides is 2. The van der Waals surface area contributed by atoms with E-state index in [0.29, 0.717) is 10.8 Å². The highest BCUT2D eigenvalue weighted by Gasteiger charge is 2.29. The van der Waals surface area contributed by atoms with Crippen LogP contribution in [0.1, 0.15) is 54.9 Å². The third-order valence-electron chi connectivity index (χ3n) is 6.28. The first-order valence-corrected chi connectivity index (χ1v) is 11.7. The van der Waals surface area contributed by atoms with Crippen LogP contribution < -0.4 is 10.1 Å². The van der Waals surface area contributed by atoms with Crippen molar-refractivity contribution in [1.82, 2.24) is 10.2 Å². The zero-order valence-electron chi connectivity index (χ0n) is 19.4. The maximum atomic E-state index is 13.3. The SMILES string of the molecule is Cc1cc(C)c(C)c(OCC(=O)N(Cc2ccccc2Cl)C(C)C(=O)NC2CCCC2)c1. The van der Waals surface area contributed by atoms with Gasteiger partial charge in [-0.25, -0.2) is 0 Å². The van der Waals surface area contributed by atoms with Crippen LogP contribution in [0.5, 0.6) is 5.75 Å². The molecule has 0 aliphatic heterocycles. The first-order chi connectivity index (χ1) is 15.3. The normalized spacial score (nSPS) is 14.8. The number of halogens is 1. The molecule has 3 rings (SSSR count). The Labute approximate surface area is 196 Å². The summed E-state index contributed by atoms with van der Waals surface area (Å²) in [4.78, 5) is 27.8. The molecule has 0 aromatic heterocycles. The molecule has 2 amide bonds. The smallest absolute Gasteiger partial charge is 0.261 e. The molecule has 32 heavy (non-hydrogen) atoms. The molecule has 1 saturated carbocycles. The highest BCUT2D eigenvalue weighted by Crippen LogP contribution is 2.24. The minimum absolute atomic E-state index is 0.139. The van der Waals surface area contributed by atoms with Gasteiger partial charge < -0.3 is 15.0 Å². The van der Waals surface area contributed by atoms with E-state index in [1.54, 1.807) is 17.9 Å². The number of nitrogens with zero attached hydrogens (tertiary/aromatic N) is 1. The van der Waals surface area contributed by atoms with Crippen LogP contribution in [0.4, 0.5) is 0 Å². The Kier molecular flexibility index (Phi) is 8.19. The minimum atomic E-state index is -0.636. The van der Waals surface area contributed by atoms with E-state index in [9.17, 15) is 9.59 Å². The lowest BCUT2D eigenvalue weighted by Gasteiger charge is -2.30. The number of carbonyl (C=O) groups is 2. The van der Waals surface area contributed by atoms with Gasteiger partial charge in [0.1, 0.15) is 11.8 Å². The van der Waals surface area contributed by atoms with Crippen molar-refractivity contribution >= 4 is 23.4 Å². The summed E-state index contributed by atoms with van der Waals surface area (Å²) < 4.78 is 5.92. The van der Waals surface area contributed by atoms with Crippen molar-refractivity contribution in [2.24, 2.45) is 0 Å². The molecule has 1 unspecified atom stereocenters. The fourth-order valence-electron chi connectivity index (χ4n) is 4.16. The van der Waals surface area contributed by atoms with Crippen molar-refractivity contribution < 1.29 is 14.3 Å². The third-order valence-corrected chi connectivity index (χ3v) is 6.65. The molecule has 0 spiro atoms. The van der Waals surface area contributed by atoms with Crippen LogP contribution in [0.3, 0.4) is 0 Å². The Bertz CT molecular complexity index is 970. The fourth-order valence-corrected chi connectivity index (χ4v) is 4.35. The molecule has 5 nitrogen and oxygen atoms in total. The maximum Gasteiger partial charge on any atom is 0.261 e. The molecular weight excluding hydrogens is 424 g/mol. The fraction of sp³-hybridized carbons (Fsp3) is 0.462. The van der Waals surface area contributed by atoms with Crippen LogP contribution in [0.15, 0.2) is 36.4 Å². The predicted molar refractivity (Wildman–Crippen MR) is 128 cm³/mol. The first kappa shape index (κ1) is 24.1. The second kappa shape index (κ2) is 10.9. The molecule has 0 saturated heterocycles. The van der Waals surface area contributed by atoms with Gasteiger partial charge in [-0.05, 0) is 74.9 Å². The molecule has 1 aliphatic carbocycles. The Balaban J connectivity index is 1.76. The minimum Gasteiger partial charge on any atom is -0.483 e. The van der Waals surface area contributed by atoms with Gasteiger partial charge in [0, 0.05) is 17.6 Å². The topological polar surface area (TPSA) is 58.6 Å². The van der Waals surface area contributed by atoms with E-state index in [-0.39, 0.29) is 31.0 Å². The van der Waals surface area contributed by atoms with E-state index in [2.05, 4.69) is 11.4 Å². The average molecular weight is 457 g/mol. The standard InChI is InChI=1S/C26H33ClN2O3/c1-17-13-18(2)19(3)24(14-17)32-16-25(30)29(15-21-9-5-8-12-23(21)27)20(4)26(31)28-22-10-6-7-11-22/h5,8-9,12-14,20,22H,6-7,10-11,15-16H2,1-4H3,(H,28,31). The molecule has 6 heteroatoms. The van der Waals surface area contributed by atoms with Gasteiger partial charge in [0.25, 0.3) is 5.91 Å². The van der Waals surface area contributed by atoms with Gasteiger partial charge in [-0.2, -0.15) is 0 Å². The van der Waals surface area contributed by atoms with Crippen molar-refractivity contribution in [2.75, 3.05) is 6.61 Å². The molecular formula is C26H33ClN2O3. The molecule has 2 aromatic carbocycles. The largest absolute Gasteiger partial charge is 0.483 e. The van der Waals surface area contributed by atoms with Gasteiger partial charge >= 0.3 is 0 Å². The summed E-state index contributed by atoms with van der Waals surface area (Å²) in [5, 5.41) is 3.67. The van der Waals surface area contributed by atoms with E-state index in [4.69, 9.17) is 16.3 Å². The molecule has 0 heterocycles. The molecule has 1 atom stereocenters. The van der Waals surface area contributed by atoms with Crippen molar-refractivity contribution in [1.29, 1.82) is 0 Å². The van der Waals surface area contributed by atoms with E-state index in [0.717, 1.165) is 47.9 Å². The van der Waals surface area contributed by atoms with Gasteiger partial charge in [0.15, 0.2) is 6.61 Å². The van der Waals surface area contributed by atoms with Gasteiger partial charge in [-0.1, -0.05) is 48.7 Å². The average Bonchev–Trinajstić information content (AvgIpc) is 3.27. The summed E-state index contributed by atoms with van der Waals surface area (Å²) in [7, 11) is 0. The summed E-state index contributed by atoms with van der Waals surface area (Å²) in [6.45, 7) is 7.87. The van der Waals surface area contributed by atoms with Crippen LogP contribution in [0.2, 0.25) is 5.02 Å². The lowest BCUT2D eigenvalue weighted by molar-refractivity contribution is -0.142. The summed E-state index contributed by atoms with van der Waals surface area (Å²) in [6.07, 6.45) is 4.24. The number of rotatable bonds is 8. The summed E-state index contributed by atoms with van der Waals surface area (Å²) in [6, 6.07) is 11.0. The zero-order valence-corrected chi connectivity index (χ0v) is 20.2. The molecule has 0 bridgehead atoms. The second-order valence-corrected chi connectivity index (χ2v) is 9.18. The van der Waals surface area contributed by atoms with Crippen molar-refractivity contribution in [3.8, 4) is 5.75 Å². The zero-order chi connectivity index (χ0) is 23.3. The Morgan fingerprint density at radius 2 is 1.84 bits per heavy atom. The Morgan fingerprint density at radius 3 is 2.53 bits per heavy atom. The number of benzene rings is 2. The number of carbonyl (C=O) groups excluding carboxylic acids is 2. The van der Waals surface area contributed by atoms with Crippen molar-refractivity contribution in [3.05, 3.63) is 63.7 Å². The van der Waals surface area contributed by atoms with Gasteiger partial charge in [0.05, 0.1) is 0 Å².